The first-order valence-corrected chi connectivity index (χ1v) is 9.37. The van der Waals surface area contributed by atoms with Crippen LogP contribution in [0.15, 0.2) is 46.9 Å². The Kier molecular flexibility index (Phi) is 4.78. The summed E-state index contributed by atoms with van der Waals surface area (Å²) in [7, 11) is 1.39. The van der Waals surface area contributed by atoms with E-state index in [1.807, 2.05) is 24.3 Å². The Morgan fingerprint density at radius 1 is 1.31 bits per heavy atom. The minimum atomic E-state index is -0.339. The van der Waals surface area contributed by atoms with E-state index in [2.05, 4.69) is 32.6 Å². The molecular weight excluding hydrogens is 396 g/mol. The van der Waals surface area contributed by atoms with Crippen LogP contribution in [0.5, 0.6) is 0 Å². The molecule has 1 aliphatic heterocycles. The minimum absolute atomic E-state index is 0.206. The highest BCUT2D eigenvalue weighted by atomic mass is 79.9. The molecule has 1 fully saturated rings. The summed E-state index contributed by atoms with van der Waals surface area (Å²) in [4.78, 5) is 16.7. The Labute approximate surface area is 160 Å². The van der Waals surface area contributed by atoms with Crippen molar-refractivity contribution in [3.05, 3.63) is 63.9 Å². The molecular formula is C20H19BrN2O3. The van der Waals surface area contributed by atoms with Crippen molar-refractivity contribution in [2.75, 3.05) is 13.7 Å². The first kappa shape index (κ1) is 17.2. The number of hydrogen-bond donors (Lipinski definition) is 0. The zero-order chi connectivity index (χ0) is 18.1. The lowest BCUT2D eigenvalue weighted by Gasteiger charge is -2.27. The fourth-order valence-electron chi connectivity index (χ4n) is 3.17. The molecule has 26 heavy (non-hydrogen) atoms. The second kappa shape index (κ2) is 7.21. The summed E-state index contributed by atoms with van der Waals surface area (Å²) >= 11 is 3.47. The highest BCUT2D eigenvalue weighted by Gasteiger charge is 2.22. The third kappa shape index (κ3) is 3.39. The Morgan fingerprint density at radius 3 is 2.73 bits per heavy atom. The number of benzene rings is 2. The first-order chi connectivity index (χ1) is 12.6. The van der Waals surface area contributed by atoms with Crippen LogP contribution in [0.4, 0.5) is 0 Å². The van der Waals surface area contributed by atoms with Crippen LogP contribution in [0, 0.1) is 0 Å². The highest BCUT2D eigenvalue weighted by Crippen LogP contribution is 2.24. The van der Waals surface area contributed by atoms with Crippen molar-refractivity contribution in [2.45, 2.75) is 25.5 Å². The second-order valence-electron chi connectivity index (χ2n) is 6.42. The second-order valence-corrected chi connectivity index (χ2v) is 7.33. The fourth-order valence-corrected chi connectivity index (χ4v) is 3.44. The van der Waals surface area contributed by atoms with Gasteiger partial charge in [-0.25, -0.2) is 9.78 Å². The number of fused-ring (bicyclic) bond motifs is 1. The Morgan fingerprint density at radius 2 is 2.08 bits per heavy atom. The molecule has 6 heteroatoms. The third-order valence-electron chi connectivity index (χ3n) is 4.70. The largest absolute Gasteiger partial charge is 0.465 e. The Bertz CT molecular complexity index is 946. The SMILES string of the molecule is COC(=O)c1ccc2nc(Cc3ccc(Br)cc3)n(C[C@@H]3CCO3)c2c1. The van der Waals surface area contributed by atoms with Crippen LogP contribution < -0.4 is 0 Å². The summed E-state index contributed by atoms with van der Waals surface area (Å²) in [6.45, 7) is 1.56. The van der Waals surface area contributed by atoms with E-state index in [9.17, 15) is 4.79 Å². The molecule has 4 rings (SSSR count). The van der Waals surface area contributed by atoms with Crippen molar-refractivity contribution in [1.29, 1.82) is 0 Å². The molecule has 1 aromatic heterocycles. The van der Waals surface area contributed by atoms with Crippen LogP contribution in [0.3, 0.4) is 0 Å². The molecule has 5 nitrogen and oxygen atoms in total. The molecule has 2 aromatic carbocycles. The molecule has 1 aliphatic rings. The van der Waals surface area contributed by atoms with Gasteiger partial charge in [0.1, 0.15) is 5.82 Å². The highest BCUT2D eigenvalue weighted by molar-refractivity contribution is 9.10. The molecule has 3 aromatic rings. The smallest absolute Gasteiger partial charge is 0.337 e. The van der Waals surface area contributed by atoms with Gasteiger partial charge in [0.2, 0.25) is 0 Å². The third-order valence-corrected chi connectivity index (χ3v) is 5.23. The van der Waals surface area contributed by atoms with Crippen LogP contribution in [0.1, 0.15) is 28.2 Å². The first-order valence-electron chi connectivity index (χ1n) is 8.57. The van der Waals surface area contributed by atoms with E-state index in [1.165, 1.54) is 12.7 Å². The summed E-state index contributed by atoms with van der Waals surface area (Å²) in [5, 5.41) is 0. The topological polar surface area (TPSA) is 53.3 Å². The molecule has 0 amide bonds. The van der Waals surface area contributed by atoms with E-state index in [0.717, 1.165) is 47.3 Å². The number of methoxy groups -OCH3 is 1. The van der Waals surface area contributed by atoms with E-state index < -0.39 is 0 Å². The van der Waals surface area contributed by atoms with Gasteiger partial charge in [0.25, 0.3) is 0 Å². The molecule has 0 radical (unpaired) electrons. The van der Waals surface area contributed by atoms with Gasteiger partial charge in [-0.1, -0.05) is 28.1 Å². The van der Waals surface area contributed by atoms with Gasteiger partial charge in [-0.15, -0.1) is 0 Å². The number of aromatic nitrogens is 2. The minimum Gasteiger partial charge on any atom is -0.465 e. The number of ether oxygens (including phenoxy) is 2. The Hall–Kier alpha value is -2.18. The lowest BCUT2D eigenvalue weighted by atomic mass is 10.1. The molecule has 1 atom stereocenters. The van der Waals surface area contributed by atoms with Gasteiger partial charge in [-0.2, -0.15) is 0 Å². The van der Waals surface area contributed by atoms with Crippen molar-refractivity contribution in [1.82, 2.24) is 9.55 Å². The van der Waals surface area contributed by atoms with E-state index in [4.69, 9.17) is 14.5 Å². The van der Waals surface area contributed by atoms with Gasteiger partial charge in [-0.05, 0) is 42.3 Å². The number of rotatable bonds is 5. The normalized spacial score (nSPS) is 16.5. The summed E-state index contributed by atoms with van der Waals surface area (Å²) < 4.78 is 13.7. The number of imidazole rings is 1. The number of carbonyl (C=O) groups excluding carboxylic acids is 1. The molecule has 0 bridgehead atoms. The monoisotopic (exact) mass is 414 g/mol. The van der Waals surface area contributed by atoms with Gasteiger partial charge < -0.3 is 14.0 Å². The number of carbonyl (C=O) groups is 1. The van der Waals surface area contributed by atoms with E-state index >= 15 is 0 Å². The van der Waals surface area contributed by atoms with Crippen LogP contribution in [-0.4, -0.2) is 35.3 Å². The summed E-state index contributed by atoms with van der Waals surface area (Å²) in [6.07, 6.45) is 1.98. The maximum Gasteiger partial charge on any atom is 0.337 e. The van der Waals surface area contributed by atoms with E-state index in [1.54, 1.807) is 6.07 Å². The van der Waals surface area contributed by atoms with Crippen LogP contribution in [0.25, 0.3) is 11.0 Å². The van der Waals surface area contributed by atoms with Gasteiger partial charge in [-0.3, -0.25) is 0 Å². The quantitative estimate of drug-likeness (QED) is 0.592. The fraction of sp³-hybridized carbons (Fsp3) is 0.300. The van der Waals surface area contributed by atoms with Gasteiger partial charge in [0.15, 0.2) is 0 Å². The van der Waals surface area contributed by atoms with Gasteiger partial charge in [0.05, 0.1) is 36.4 Å². The maximum absolute atomic E-state index is 11.9. The van der Waals surface area contributed by atoms with Gasteiger partial charge >= 0.3 is 5.97 Å². The predicted molar refractivity (Wildman–Crippen MR) is 102 cm³/mol. The summed E-state index contributed by atoms with van der Waals surface area (Å²) in [5.74, 6) is 0.633. The molecule has 0 unspecified atom stereocenters. The number of esters is 1. The van der Waals surface area contributed by atoms with Crippen molar-refractivity contribution >= 4 is 32.9 Å². The van der Waals surface area contributed by atoms with E-state index in [-0.39, 0.29) is 12.1 Å². The molecule has 0 spiro atoms. The van der Waals surface area contributed by atoms with Crippen molar-refractivity contribution in [2.24, 2.45) is 0 Å². The average Bonchev–Trinajstić information content (AvgIpc) is 2.95. The number of hydrogen-bond acceptors (Lipinski definition) is 4. The van der Waals surface area contributed by atoms with E-state index in [0.29, 0.717) is 5.56 Å². The molecule has 0 N–H and O–H groups in total. The van der Waals surface area contributed by atoms with Crippen LogP contribution >= 0.6 is 15.9 Å². The molecule has 2 heterocycles. The number of nitrogens with zero attached hydrogens (tertiary/aromatic N) is 2. The summed E-state index contributed by atoms with van der Waals surface area (Å²) in [6, 6.07) is 13.7. The molecule has 0 aliphatic carbocycles. The van der Waals surface area contributed by atoms with Crippen LogP contribution in [0.2, 0.25) is 0 Å². The summed E-state index contributed by atoms with van der Waals surface area (Å²) in [5.41, 5.74) is 3.54. The predicted octanol–water partition coefficient (Wildman–Crippen LogP) is 3.97. The maximum atomic E-state index is 11.9. The standard InChI is InChI=1S/C20H19BrN2O3/c1-25-20(24)14-4-7-17-18(11-14)23(12-16-8-9-26-16)19(22-17)10-13-2-5-15(21)6-3-13/h2-7,11,16H,8-10,12H2,1H3/t16-/m0/s1. The van der Waals surface area contributed by atoms with Crippen molar-refractivity contribution < 1.29 is 14.3 Å². The molecule has 1 saturated heterocycles. The van der Waals surface area contributed by atoms with Crippen LogP contribution in [-0.2, 0) is 22.4 Å². The van der Waals surface area contributed by atoms with Gasteiger partial charge in [0, 0.05) is 17.5 Å². The lowest BCUT2D eigenvalue weighted by molar-refractivity contribution is -0.0589. The van der Waals surface area contributed by atoms with Crippen molar-refractivity contribution in [3.8, 4) is 0 Å². The number of halogens is 1. The zero-order valence-corrected chi connectivity index (χ0v) is 16.0. The Balaban J connectivity index is 1.75. The zero-order valence-electron chi connectivity index (χ0n) is 14.4. The average molecular weight is 415 g/mol. The molecule has 134 valence electrons. The van der Waals surface area contributed by atoms with Crippen molar-refractivity contribution in [3.63, 3.8) is 0 Å². The molecule has 0 saturated carbocycles. The lowest BCUT2D eigenvalue weighted by Crippen LogP contribution is -2.31.